The van der Waals surface area contributed by atoms with E-state index in [-0.39, 0.29) is 32.7 Å². The van der Waals surface area contributed by atoms with Crippen molar-refractivity contribution in [3.63, 3.8) is 0 Å². The molecule has 4 rings (SSSR count). The van der Waals surface area contributed by atoms with E-state index in [1.54, 1.807) is 28.2 Å². The Labute approximate surface area is 188 Å². The minimum atomic E-state index is 0. The van der Waals surface area contributed by atoms with Crippen molar-refractivity contribution in [1.29, 1.82) is 0 Å². The molecule has 0 aromatic heterocycles. The van der Waals surface area contributed by atoms with E-state index in [1.807, 2.05) is 6.92 Å². The molecule has 1 heteroatoms. The normalized spacial score (nSPS) is 32.5. The Balaban J connectivity index is 0.000000570. The van der Waals surface area contributed by atoms with Crippen LogP contribution in [-0.2, 0) is 39.1 Å². The molecule has 143 valence electrons. The van der Waals surface area contributed by atoms with Gasteiger partial charge in [-0.25, -0.2) is 0 Å². The van der Waals surface area contributed by atoms with Crippen molar-refractivity contribution in [2.75, 3.05) is 0 Å². The zero-order valence-electron chi connectivity index (χ0n) is 18.0. The van der Waals surface area contributed by atoms with Crippen LogP contribution in [0.2, 0.25) is 0 Å². The summed E-state index contributed by atoms with van der Waals surface area (Å²) in [5, 5.41) is 0. The van der Waals surface area contributed by atoms with Crippen LogP contribution in [0.1, 0.15) is 93.0 Å². The maximum Gasteiger partial charge on any atom is 0 e. The number of aryl methyl sites for hydroxylation is 2. The van der Waals surface area contributed by atoms with E-state index >= 15 is 0 Å². The molecule has 0 bridgehead atoms. The van der Waals surface area contributed by atoms with Crippen LogP contribution >= 0.6 is 0 Å². The summed E-state index contributed by atoms with van der Waals surface area (Å²) >= 11 is 0. The third-order valence-electron chi connectivity index (χ3n) is 8.04. The first-order valence-corrected chi connectivity index (χ1v) is 10.6. The number of benzene rings is 1. The van der Waals surface area contributed by atoms with E-state index in [1.165, 1.54) is 44.1 Å². The van der Waals surface area contributed by atoms with Gasteiger partial charge in [-0.15, -0.1) is 0 Å². The van der Waals surface area contributed by atoms with Gasteiger partial charge in [-0.2, -0.15) is 25.2 Å². The maximum atomic E-state index is 3.49. The monoisotopic (exact) mass is 427 g/mol. The van der Waals surface area contributed by atoms with E-state index < -0.39 is 0 Å². The fourth-order valence-electron chi connectivity index (χ4n) is 6.32. The van der Waals surface area contributed by atoms with Gasteiger partial charge in [-0.05, 0) is 79.7 Å². The number of hydrogen-bond donors (Lipinski definition) is 0. The van der Waals surface area contributed by atoms with Gasteiger partial charge in [0.1, 0.15) is 0 Å². The van der Waals surface area contributed by atoms with Gasteiger partial charge in [-0.1, -0.05) is 38.7 Å². The summed E-state index contributed by atoms with van der Waals surface area (Å²) in [5.41, 5.74) is 8.68. The van der Waals surface area contributed by atoms with Crippen molar-refractivity contribution >= 4 is 0 Å². The average Bonchev–Trinajstić information content (AvgIpc) is 2.88. The van der Waals surface area contributed by atoms with Gasteiger partial charge >= 0.3 is 0 Å². The zero-order valence-corrected chi connectivity index (χ0v) is 20.9. The molecule has 0 spiro atoms. The molecule has 4 atom stereocenters. The van der Waals surface area contributed by atoms with Crippen LogP contribution in [0.3, 0.4) is 0 Å². The smallest absolute Gasteiger partial charge is 0 e. The van der Waals surface area contributed by atoms with Gasteiger partial charge in [-0.3, -0.25) is 0 Å². The summed E-state index contributed by atoms with van der Waals surface area (Å²) in [5.74, 6) is 4.57. The summed E-state index contributed by atoms with van der Waals surface area (Å²) in [4.78, 5) is 0. The Kier molecular flexibility index (Phi) is 7.63. The Bertz CT molecular complexity index is 632. The van der Waals surface area contributed by atoms with Crippen molar-refractivity contribution < 1.29 is 32.7 Å². The predicted octanol–water partition coefficient (Wildman–Crippen LogP) is 7.29. The molecule has 26 heavy (non-hydrogen) atoms. The van der Waals surface area contributed by atoms with Crippen LogP contribution in [0.15, 0.2) is 6.07 Å². The first kappa shape index (κ1) is 22.6. The van der Waals surface area contributed by atoms with Crippen molar-refractivity contribution in [1.82, 2.24) is 0 Å². The summed E-state index contributed by atoms with van der Waals surface area (Å²) in [6, 6.07) is 2.51. The first-order chi connectivity index (χ1) is 11.8. The third kappa shape index (κ3) is 3.64. The fourth-order valence-corrected chi connectivity index (χ4v) is 6.32. The van der Waals surface area contributed by atoms with Gasteiger partial charge < -0.3 is 12.8 Å². The third-order valence-corrected chi connectivity index (χ3v) is 8.04. The van der Waals surface area contributed by atoms with Gasteiger partial charge in [0.15, 0.2) is 0 Å². The molecule has 0 unspecified atom stereocenters. The van der Waals surface area contributed by atoms with Crippen LogP contribution < -0.4 is 0 Å². The molecular weight excluding hydrogens is 389 g/mol. The number of rotatable bonds is 0. The quantitative estimate of drug-likeness (QED) is 0.381. The first-order valence-electron chi connectivity index (χ1n) is 10.6. The van der Waals surface area contributed by atoms with E-state index in [2.05, 4.69) is 47.6 Å². The fraction of sp³-hybridized carbons (Fsp3) is 0.680. The second-order valence-corrected chi connectivity index (χ2v) is 9.21. The molecule has 0 heterocycles. The van der Waals surface area contributed by atoms with E-state index in [0.717, 1.165) is 24.2 Å². The Morgan fingerprint density at radius 3 is 2.46 bits per heavy atom. The molecule has 1 aromatic carbocycles. The Morgan fingerprint density at radius 1 is 1.15 bits per heavy atom. The molecule has 3 aliphatic rings. The average molecular weight is 427 g/mol. The molecular formula is C25H38Y-2. The number of fused-ring (bicyclic) bond motifs is 5. The van der Waals surface area contributed by atoms with E-state index in [9.17, 15) is 0 Å². The van der Waals surface area contributed by atoms with Crippen LogP contribution in [0.4, 0.5) is 0 Å². The summed E-state index contributed by atoms with van der Waals surface area (Å²) in [6.45, 7) is 17.5. The maximum absolute atomic E-state index is 3.49. The minimum Gasteiger partial charge on any atom is -0.344 e. The Morgan fingerprint density at radius 2 is 1.81 bits per heavy atom. The molecule has 0 N–H and O–H groups in total. The molecule has 3 aliphatic carbocycles. The van der Waals surface area contributed by atoms with E-state index in [4.69, 9.17) is 0 Å². The van der Waals surface area contributed by atoms with Gasteiger partial charge in [0, 0.05) is 32.7 Å². The molecule has 2 fully saturated rings. The summed E-state index contributed by atoms with van der Waals surface area (Å²) in [7, 11) is 0. The zero-order chi connectivity index (χ0) is 18.4. The van der Waals surface area contributed by atoms with Crippen molar-refractivity contribution in [2.45, 2.75) is 92.4 Å². The van der Waals surface area contributed by atoms with Crippen molar-refractivity contribution in [3.05, 3.63) is 46.7 Å². The molecule has 0 saturated heterocycles. The minimum absolute atomic E-state index is 0. The SMILES string of the molecule is Cc1cc2c(c(C)c1C)[C@H]1CC[C@]3(C)[C-](C)CC[C@H]3[C@@H]1CC2.[CH2-]CC.[Y]. The van der Waals surface area contributed by atoms with Gasteiger partial charge in [0.25, 0.3) is 0 Å². The van der Waals surface area contributed by atoms with Crippen molar-refractivity contribution in [2.24, 2.45) is 17.3 Å². The molecule has 0 amide bonds. The van der Waals surface area contributed by atoms with Crippen LogP contribution in [-0.4, -0.2) is 0 Å². The largest absolute Gasteiger partial charge is 0.344 e. The van der Waals surface area contributed by atoms with Crippen LogP contribution in [0.25, 0.3) is 0 Å². The molecule has 1 radical (unpaired) electrons. The van der Waals surface area contributed by atoms with Crippen LogP contribution in [0, 0.1) is 50.9 Å². The standard InChI is InChI=1S/C22H31.C3H7.Y/c1-13-12-17-7-8-18-19(21(17)16(4)15(13)3)10-11-22(5)14(2)6-9-20(18)22;1-3-2;/h12,18-20H,6-11H2,1-5H3;1,3H2,2H3;/q2*-1;/t18-,19+,20+,22-;;/m1../s1. The molecule has 2 saturated carbocycles. The molecule has 0 nitrogen and oxygen atoms in total. The molecule has 1 aromatic rings. The second kappa shape index (κ2) is 8.77. The number of hydrogen-bond acceptors (Lipinski definition) is 0. The van der Waals surface area contributed by atoms with Crippen molar-refractivity contribution in [3.8, 4) is 0 Å². The van der Waals surface area contributed by atoms with E-state index in [0.29, 0.717) is 5.41 Å². The Hall–Kier alpha value is 0.324. The van der Waals surface area contributed by atoms with Gasteiger partial charge in [0.05, 0.1) is 0 Å². The van der Waals surface area contributed by atoms with Gasteiger partial charge in [0.2, 0.25) is 0 Å². The predicted molar refractivity (Wildman–Crippen MR) is 110 cm³/mol. The van der Waals surface area contributed by atoms with Crippen LogP contribution in [0.5, 0.6) is 0 Å². The molecule has 0 aliphatic heterocycles. The second-order valence-electron chi connectivity index (χ2n) is 9.21. The summed E-state index contributed by atoms with van der Waals surface area (Å²) in [6.07, 6.45) is 9.46. The topological polar surface area (TPSA) is 0 Å². The summed E-state index contributed by atoms with van der Waals surface area (Å²) < 4.78 is 0.